The number of allylic oxidation sites excluding steroid dienone is 2. The Labute approximate surface area is 166 Å². The standard InChI is InChI=1S/C22H41N3O2/c1-5-9-11-13-15-17-21(26)23-19-25(7-3,8-4)20-24-22(27)18-16-14-12-10-6-2/h15-18H,5-14,19-20H2,1-4H3,(H-,23,24,26,27)/p+1/b17-15+,18-16+. The zero-order valence-electron chi connectivity index (χ0n) is 18.1. The van der Waals surface area contributed by atoms with E-state index in [9.17, 15) is 9.59 Å². The molecule has 0 aliphatic carbocycles. The highest BCUT2D eigenvalue weighted by Crippen LogP contribution is 2.04. The van der Waals surface area contributed by atoms with Gasteiger partial charge in [-0.1, -0.05) is 51.7 Å². The van der Waals surface area contributed by atoms with Gasteiger partial charge in [-0.2, -0.15) is 0 Å². The summed E-state index contributed by atoms with van der Waals surface area (Å²) in [7, 11) is 0. The molecule has 2 amide bonds. The van der Waals surface area contributed by atoms with Crippen LogP contribution in [0.4, 0.5) is 0 Å². The molecule has 5 heteroatoms. The number of nitrogens with one attached hydrogen (secondary N) is 2. The second-order valence-electron chi connectivity index (χ2n) is 7.17. The molecular formula is C22H42N3O2+. The Morgan fingerprint density at radius 1 is 0.704 bits per heavy atom. The van der Waals surface area contributed by atoms with E-state index < -0.39 is 0 Å². The number of unbranched alkanes of at least 4 members (excludes halogenated alkanes) is 6. The number of carbonyl (C=O) groups is 2. The van der Waals surface area contributed by atoms with Crippen LogP contribution in [0.2, 0.25) is 0 Å². The number of rotatable bonds is 16. The van der Waals surface area contributed by atoms with Gasteiger partial charge in [-0.15, -0.1) is 0 Å². The second kappa shape index (κ2) is 16.5. The molecule has 0 aliphatic heterocycles. The van der Waals surface area contributed by atoms with Crippen molar-refractivity contribution in [1.29, 1.82) is 0 Å². The maximum Gasteiger partial charge on any atom is 0.247 e. The molecule has 27 heavy (non-hydrogen) atoms. The van der Waals surface area contributed by atoms with Gasteiger partial charge in [0.25, 0.3) is 0 Å². The molecule has 0 spiro atoms. The van der Waals surface area contributed by atoms with Crippen LogP contribution in [0.5, 0.6) is 0 Å². The van der Waals surface area contributed by atoms with Crippen molar-refractivity contribution in [1.82, 2.24) is 10.6 Å². The Kier molecular flexibility index (Phi) is 15.6. The van der Waals surface area contributed by atoms with E-state index in [0.717, 1.165) is 38.8 Å². The Hall–Kier alpha value is -1.62. The highest BCUT2D eigenvalue weighted by atomic mass is 16.2. The van der Waals surface area contributed by atoms with E-state index in [-0.39, 0.29) is 11.8 Å². The third-order valence-corrected chi connectivity index (χ3v) is 5.01. The van der Waals surface area contributed by atoms with Gasteiger partial charge in [0.05, 0.1) is 13.1 Å². The smallest absolute Gasteiger partial charge is 0.247 e. The van der Waals surface area contributed by atoms with E-state index >= 15 is 0 Å². The molecule has 0 saturated carbocycles. The predicted molar refractivity (Wildman–Crippen MR) is 114 cm³/mol. The molecule has 0 unspecified atom stereocenters. The first-order valence-corrected chi connectivity index (χ1v) is 10.8. The molecular weight excluding hydrogens is 338 g/mol. The summed E-state index contributed by atoms with van der Waals surface area (Å²) in [6, 6.07) is 0. The van der Waals surface area contributed by atoms with E-state index in [4.69, 9.17) is 0 Å². The van der Waals surface area contributed by atoms with Crippen LogP contribution in [0, 0.1) is 0 Å². The number of carbonyl (C=O) groups excluding carboxylic acids is 2. The Morgan fingerprint density at radius 3 is 1.44 bits per heavy atom. The summed E-state index contributed by atoms with van der Waals surface area (Å²) in [6.45, 7) is 11.2. The van der Waals surface area contributed by atoms with E-state index in [1.54, 1.807) is 12.2 Å². The van der Waals surface area contributed by atoms with Crippen molar-refractivity contribution in [2.45, 2.75) is 79.1 Å². The minimum Gasteiger partial charge on any atom is -0.306 e. The molecule has 0 fully saturated rings. The quantitative estimate of drug-likeness (QED) is 0.182. The van der Waals surface area contributed by atoms with E-state index in [0.29, 0.717) is 17.8 Å². The summed E-state index contributed by atoms with van der Waals surface area (Å²) in [4.78, 5) is 24.0. The summed E-state index contributed by atoms with van der Waals surface area (Å²) < 4.78 is 0.630. The zero-order valence-corrected chi connectivity index (χ0v) is 18.1. The van der Waals surface area contributed by atoms with Crippen LogP contribution in [-0.4, -0.2) is 42.7 Å². The molecule has 0 bridgehead atoms. The molecule has 0 heterocycles. The van der Waals surface area contributed by atoms with Crippen LogP contribution in [0.1, 0.15) is 79.1 Å². The maximum absolute atomic E-state index is 12.0. The van der Waals surface area contributed by atoms with E-state index in [1.807, 2.05) is 12.2 Å². The number of amides is 2. The first-order chi connectivity index (χ1) is 13.0. The van der Waals surface area contributed by atoms with Gasteiger partial charge in [-0.05, 0) is 51.7 Å². The van der Waals surface area contributed by atoms with Crippen LogP contribution in [0.15, 0.2) is 24.3 Å². The lowest BCUT2D eigenvalue weighted by atomic mass is 10.2. The molecule has 5 nitrogen and oxygen atoms in total. The SMILES string of the molecule is CCCCC/C=C/C(=O)NC[N+](CC)(CC)CNC(=O)/C=C/CCCCC. The Morgan fingerprint density at radius 2 is 1.11 bits per heavy atom. The van der Waals surface area contributed by atoms with Gasteiger partial charge in [0.15, 0.2) is 13.3 Å². The van der Waals surface area contributed by atoms with Crippen LogP contribution >= 0.6 is 0 Å². The molecule has 0 aromatic carbocycles. The van der Waals surface area contributed by atoms with Crippen LogP contribution in [0.25, 0.3) is 0 Å². The third kappa shape index (κ3) is 13.2. The van der Waals surface area contributed by atoms with Crippen molar-refractivity contribution in [2.24, 2.45) is 0 Å². The van der Waals surface area contributed by atoms with Crippen molar-refractivity contribution in [3.63, 3.8) is 0 Å². The number of hydrogen-bond acceptors (Lipinski definition) is 2. The number of nitrogens with zero attached hydrogens (tertiary/aromatic N) is 1. The summed E-state index contributed by atoms with van der Waals surface area (Å²) in [5.41, 5.74) is 0. The summed E-state index contributed by atoms with van der Waals surface area (Å²) in [6.07, 6.45) is 16.1. The van der Waals surface area contributed by atoms with Gasteiger partial charge in [-0.25, -0.2) is 0 Å². The minimum atomic E-state index is -0.0574. The van der Waals surface area contributed by atoms with Gasteiger partial charge in [0.2, 0.25) is 11.8 Å². The molecule has 0 rings (SSSR count). The van der Waals surface area contributed by atoms with Crippen LogP contribution < -0.4 is 10.6 Å². The fourth-order valence-corrected chi connectivity index (χ4v) is 2.74. The number of quaternary nitrogens is 1. The van der Waals surface area contributed by atoms with Crippen molar-refractivity contribution < 1.29 is 14.1 Å². The molecule has 0 radical (unpaired) electrons. The van der Waals surface area contributed by atoms with E-state index in [2.05, 4.69) is 38.3 Å². The van der Waals surface area contributed by atoms with Crippen LogP contribution in [-0.2, 0) is 9.59 Å². The van der Waals surface area contributed by atoms with Crippen LogP contribution in [0.3, 0.4) is 0 Å². The monoisotopic (exact) mass is 380 g/mol. The van der Waals surface area contributed by atoms with Gasteiger partial charge in [0, 0.05) is 0 Å². The first kappa shape index (κ1) is 25.4. The van der Waals surface area contributed by atoms with Crippen molar-refractivity contribution >= 4 is 11.8 Å². The lowest BCUT2D eigenvalue weighted by Gasteiger charge is -2.36. The molecule has 0 aromatic rings. The lowest BCUT2D eigenvalue weighted by molar-refractivity contribution is -0.928. The first-order valence-electron chi connectivity index (χ1n) is 10.8. The van der Waals surface area contributed by atoms with Crippen molar-refractivity contribution in [2.75, 3.05) is 26.4 Å². The summed E-state index contributed by atoms with van der Waals surface area (Å²) in [5, 5.41) is 5.97. The minimum absolute atomic E-state index is 0.0574. The highest BCUT2D eigenvalue weighted by molar-refractivity contribution is 5.87. The topological polar surface area (TPSA) is 58.2 Å². The summed E-state index contributed by atoms with van der Waals surface area (Å²) >= 11 is 0. The summed E-state index contributed by atoms with van der Waals surface area (Å²) in [5.74, 6) is -0.115. The lowest BCUT2D eigenvalue weighted by Crippen LogP contribution is -2.58. The molecule has 2 N–H and O–H groups in total. The fourth-order valence-electron chi connectivity index (χ4n) is 2.74. The van der Waals surface area contributed by atoms with Crippen molar-refractivity contribution in [3.8, 4) is 0 Å². The maximum atomic E-state index is 12.0. The highest BCUT2D eigenvalue weighted by Gasteiger charge is 2.23. The van der Waals surface area contributed by atoms with Gasteiger partial charge >= 0.3 is 0 Å². The van der Waals surface area contributed by atoms with E-state index in [1.165, 1.54) is 25.7 Å². The zero-order chi connectivity index (χ0) is 20.4. The second-order valence-corrected chi connectivity index (χ2v) is 7.17. The van der Waals surface area contributed by atoms with Gasteiger partial charge < -0.3 is 10.6 Å². The average molecular weight is 381 g/mol. The van der Waals surface area contributed by atoms with Gasteiger partial charge in [0.1, 0.15) is 0 Å². The normalized spacial score (nSPS) is 12.0. The third-order valence-electron chi connectivity index (χ3n) is 5.01. The Balaban J connectivity index is 4.33. The Bertz CT molecular complexity index is 416. The molecule has 0 aromatic heterocycles. The molecule has 0 atom stereocenters. The fraction of sp³-hybridized carbons (Fsp3) is 0.727. The van der Waals surface area contributed by atoms with Crippen molar-refractivity contribution in [3.05, 3.63) is 24.3 Å². The largest absolute Gasteiger partial charge is 0.306 e. The predicted octanol–water partition coefficient (Wildman–Crippen LogP) is 4.26. The molecule has 0 saturated heterocycles. The molecule has 156 valence electrons. The van der Waals surface area contributed by atoms with Gasteiger partial charge in [-0.3, -0.25) is 14.1 Å². The molecule has 0 aliphatic rings. The number of hydrogen-bond donors (Lipinski definition) is 2. The average Bonchev–Trinajstić information content (AvgIpc) is 2.68.